The van der Waals surface area contributed by atoms with E-state index in [0.29, 0.717) is 6.61 Å². The minimum atomic E-state index is -1.63. The van der Waals surface area contributed by atoms with E-state index < -0.39 is 15.7 Å². The van der Waals surface area contributed by atoms with Crippen LogP contribution >= 0.6 is 34.8 Å². The Morgan fingerprint density at radius 2 is 1.04 bits per heavy atom. The third kappa shape index (κ3) is 22.1. The van der Waals surface area contributed by atoms with Crippen LogP contribution in [0.1, 0.15) is 103 Å². The molecule has 0 unspecified atom stereocenters. The topological polar surface area (TPSA) is 52.6 Å². The quantitative estimate of drug-likeness (QED) is 0.122. The van der Waals surface area contributed by atoms with Crippen molar-refractivity contribution in [2.24, 2.45) is 0 Å². The van der Waals surface area contributed by atoms with E-state index in [9.17, 15) is 9.59 Å². The van der Waals surface area contributed by atoms with E-state index in [-0.39, 0.29) is 19.4 Å². The van der Waals surface area contributed by atoms with Gasteiger partial charge in [0.2, 0.25) is 3.79 Å². The van der Waals surface area contributed by atoms with E-state index in [1.807, 2.05) is 0 Å². The number of unbranched alkanes of at least 4 members (excludes halogenated alkanes) is 12. The highest BCUT2D eigenvalue weighted by molar-refractivity contribution is 6.67. The van der Waals surface area contributed by atoms with Gasteiger partial charge in [-0.3, -0.25) is 9.59 Å². The zero-order chi connectivity index (χ0) is 21.1. The summed E-state index contributed by atoms with van der Waals surface area (Å²) in [6.07, 6.45) is 16.5. The van der Waals surface area contributed by atoms with Crippen molar-refractivity contribution in [3.05, 3.63) is 0 Å². The van der Waals surface area contributed by atoms with Crippen LogP contribution in [0.2, 0.25) is 0 Å². The summed E-state index contributed by atoms with van der Waals surface area (Å²) in [7, 11) is 0. The largest absolute Gasteiger partial charge is 0.466 e. The van der Waals surface area contributed by atoms with Gasteiger partial charge in [0, 0.05) is 0 Å². The van der Waals surface area contributed by atoms with Gasteiger partial charge in [0.25, 0.3) is 0 Å². The Bertz CT molecular complexity index is 398. The SMILES string of the molecule is CCCCCCCCCCCCCCCOC(=O)CCC(=O)OCC(Cl)(Cl)Cl. The number of rotatable bonds is 18. The monoisotopic (exact) mass is 458 g/mol. The molecule has 0 aliphatic heterocycles. The number of esters is 2. The first kappa shape index (κ1) is 27.8. The molecule has 0 aromatic heterocycles. The number of carbonyl (C=O) groups is 2. The van der Waals surface area contributed by atoms with Crippen LogP contribution in [0.5, 0.6) is 0 Å². The Kier molecular flexibility index (Phi) is 18.7. The van der Waals surface area contributed by atoms with Crippen LogP contribution in [0.25, 0.3) is 0 Å². The fraction of sp³-hybridized carbons (Fsp3) is 0.905. The van der Waals surface area contributed by atoms with Gasteiger partial charge in [-0.25, -0.2) is 0 Å². The van der Waals surface area contributed by atoms with Gasteiger partial charge in [0.1, 0.15) is 6.61 Å². The predicted octanol–water partition coefficient (Wildman–Crippen LogP) is 7.31. The maximum atomic E-state index is 11.6. The fourth-order valence-electron chi connectivity index (χ4n) is 2.82. The Morgan fingerprint density at radius 1 is 0.643 bits per heavy atom. The number of carbonyl (C=O) groups excluding carboxylic acids is 2. The van der Waals surface area contributed by atoms with Crippen molar-refractivity contribution >= 4 is 46.7 Å². The standard InChI is InChI=1S/C21H37Cl3O4/c1-2-3-4-5-6-7-8-9-10-11-12-13-14-17-27-19(25)15-16-20(26)28-18-21(22,23)24/h2-18H2,1H3. The molecule has 0 heterocycles. The summed E-state index contributed by atoms with van der Waals surface area (Å²) in [5, 5.41) is 0. The minimum Gasteiger partial charge on any atom is -0.466 e. The summed E-state index contributed by atoms with van der Waals surface area (Å²) >= 11 is 16.4. The Labute approximate surface area is 185 Å². The minimum absolute atomic E-state index is 0.0167. The summed E-state index contributed by atoms with van der Waals surface area (Å²) < 4.78 is 8.22. The van der Waals surface area contributed by atoms with Gasteiger partial charge >= 0.3 is 11.9 Å². The number of halogens is 3. The molecule has 0 aliphatic rings. The lowest BCUT2D eigenvalue weighted by molar-refractivity contribution is -0.150. The molecule has 0 fully saturated rings. The van der Waals surface area contributed by atoms with E-state index in [2.05, 4.69) is 6.92 Å². The molecule has 0 aromatic rings. The van der Waals surface area contributed by atoms with Crippen LogP contribution < -0.4 is 0 Å². The zero-order valence-electron chi connectivity index (χ0n) is 17.3. The maximum Gasteiger partial charge on any atom is 0.306 e. The molecule has 0 saturated heterocycles. The molecule has 4 nitrogen and oxygen atoms in total. The van der Waals surface area contributed by atoms with Crippen molar-refractivity contribution in [1.82, 2.24) is 0 Å². The summed E-state index contributed by atoms with van der Waals surface area (Å²) in [6.45, 7) is 2.32. The number of hydrogen-bond donors (Lipinski definition) is 0. The lowest BCUT2D eigenvalue weighted by Crippen LogP contribution is -2.18. The van der Waals surface area contributed by atoms with Crippen LogP contribution in [-0.2, 0) is 19.1 Å². The van der Waals surface area contributed by atoms with Gasteiger partial charge in [0.05, 0.1) is 19.4 Å². The van der Waals surface area contributed by atoms with Crippen LogP contribution in [0, 0.1) is 0 Å². The average molecular weight is 460 g/mol. The first-order chi connectivity index (χ1) is 13.3. The normalized spacial score (nSPS) is 11.4. The first-order valence-electron chi connectivity index (χ1n) is 10.7. The summed E-state index contributed by atoms with van der Waals surface area (Å²) in [5.41, 5.74) is 0. The average Bonchev–Trinajstić information content (AvgIpc) is 2.64. The molecule has 0 N–H and O–H groups in total. The summed E-state index contributed by atoms with van der Waals surface area (Å²) in [5.74, 6) is -0.978. The third-order valence-corrected chi connectivity index (χ3v) is 4.77. The first-order valence-corrected chi connectivity index (χ1v) is 11.9. The molecule has 0 bridgehead atoms. The molecule has 0 aliphatic carbocycles. The molecule has 0 saturated carbocycles. The fourth-order valence-corrected chi connectivity index (χ4v) is 2.98. The van der Waals surface area contributed by atoms with Gasteiger partial charge in [-0.05, 0) is 6.42 Å². The second kappa shape index (κ2) is 18.8. The van der Waals surface area contributed by atoms with Gasteiger partial charge in [-0.15, -0.1) is 0 Å². The Balaban J connectivity index is 3.31. The van der Waals surface area contributed by atoms with Crippen molar-refractivity contribution in [2.75, 3.05) is 13.2 Å². The molecule has 0 rings (SSSR count). The van der Waals surface area contributed by atoms with Gasteiger partial charge < -0.3 is 9.47 Å². The van der Waals surface area contributed by atoms with E-state index in [1.165, 1.54) is 70.6 Å². The Hall–Kier alpha value is -0.190. The van der Waals surface area contributed by atoms with Crippen molar-refractivity contribution in [1.29, 1.82) is 0 Å². The van der Waals surface area contributed by atoms with Crippen LogP contribution in [0.3, 0.4) is 0 Å². The molecule has 0 atom stereocenters. The summed E-state index contributed by atoms with van der Waals surface area (Å²) in [6, 6.07) is 0. The smallest absolute Gasteiger partial charge is 0.306 e. The Morgan fingerprint density at radius 3 is 1.46 bits per heavy atom. The number of hydrogen-bond acceptors (Lipinski definition) is 4. The van der Waals surface area contributed by atoms with Gasteiger partial charge in [-0.2, -0.15) is 0 Å². The highest BCUT2D eigenvalue weighted by Crippen LogP contribution is 2.26. The maximum absolute atomic E-state index is 11.6. The van der Waals surface area contributed by atoms with Crippen molar-refractivity contribution < 1.29 is 19.1 Å². The summed E-state index contributed by atoms with van der Waals surface area (Å²) in [4.78, 5) is 22.9. The van der Waals surface area contributed by atoms with Gasteiger partial charge in [0.15, 0.2) is 0 Å². The highest BCUT2D eigenvalue weighted by atomic mass is 35.6. The van der Waals surface area contributed by atoms with E-state index in [1.54, 1.807) is 0 Å². The van der Waals surface area contributed by atoms with E-state index >= 15 is 0 Å². The molecule has 0 radical (unpaired) electrons. The lowest BCUT2D eigenvalue weighted by atomic mass is 10.0. The molecule has 166 valence electrons. The molecular weight excluding hydrogens is 423 g/mol. The highest BCUT2D eigenvalue weighted by Gasteiger charge is 2.22. The molecular formula is C21H37Cl3O4. The number of alkyl halides is 3. The third-order valence-electron chi connectivity index (χ3n) is 4.44. The molecule has 7 heteroatoms. The van der Waals surface area contributed by atoms with E-state index in [4.69, 9.17) is 44.3 Å². The molecule has 0 aromatic carbocycles. The predicted molar refractivity (Wildman–Crippen MR) is 117 cm³/mol. The second-order valence-corrected chi connectivity index (χ2v) is 9.76. The molecule has 28 heavy (non-hydrogen) atoms. The number of ether oxygens (including phenoxy) is 2. The van der Waals surface area contributed by atoms with Crippen molar-refractivity contribution in [3.63, 3.8) is 0 Å². The van der Waals surface area contributed by atoms with Crippen molar-refractivity contribution in [2.45, 2.75) is 107 Å². The van der Waals surface area contributed by atoms with Crippen LogP contribution in [-0.4, -0.2) is 28.9 Å². The molecule has 0 amide bonds. The van der Waals surface area contributed by atoms with Crippen molar-refractivity contribution in [3.8, 4) is 0 Å². The lowest BCUT2D eigenvalue weighted by Gasteiger charge is -2.11. The van der Waals surface area contributed by atoms with Crippen LogP contribution in [0.4, 0.5) is 0 Å². The zero-order valence-corrected chi connectivity index (χ0v) is 19.6. The second-order valence-electron chi connectivity index (χ2n) is 7.24. The molecule has 0 spiro atoms. The van der Waals surface area contributed by atoms with Gasteiger partial charge in [-0.1, -0.05) is 119 Å². The van der Waals surface area contributed by atoms with Crippen LogP contribution in [0.15, 0.2) is 0 Å². The van der Waals surface area contributed by atoms with E-state index in [0.717, 1.165) is 12.8 Å².